The Labute approximate surface area is 93.6 Å². The first-order chi connectivity index (χ1) is 6.88. The van der Waals surface area contributed by atoms with Crippen molar-refractivity contribution in [3.8, 4) is 5.75 Å². The Morgan fingerprint density at radius 2 is 1.79 bits per heavy atom. The molecule has 0 aromatic heterocycles. The monoisotopic (exact) mass is 254 g/mol. The van der Waals surface area contributed by atoms with Crippen LogP contribution in [0.2, 0.25) is 0 Å². The summed E-state index contributed by atoms with van der Waals surface area (Å²) in [4.78, 5) is 0. The van der Waals surface area contributed by atoms with Crippen molar-refractivity contribution in [1.82, 2.24) is 0 Å². The minimum atomic E-state index is 0.463. The van der Waals surface area contributed by atoms with E-state index in [4.69, 9.17) is 4.74 Å². The smallest absolute Gasteiger partial charge is 0.119 e. The molecule has 0 spiro atoms. The van der Waals surface area contributed by atoms with Crippen molar-refractivity contribution in [2.24, 2.45) is 0 Å². The minimum absolute atomic E-state index is 0.463. The molecule has 0 N–H and O–H groups in total. The highest BCUT2D eigenvalue weighted by molar-refractivity contribution is 9.08. The molecule has 1 fully saturated rings. The highest BCUT2D eigenvalue weighted by atomic mass is 79.9. The second kappa shape index (κ2) is 4.83. The Morgan fingerprint density at radius 1 is 1.14 bits per heavy atom. The Morgan fingerprint density at radius 3 is 2.36 bits per heavy atom. The highest BCUT2D eigenvalue weighted by Gasteiger charge is 2.15. The van der Waals surface area contributed by atoms with Crippen LogP contribution < -0.4 is 4.74 Å². The number of benzene rings is 1. The van der Waals surface area contributed by atoms with Gasteiger partial charge in [-0.15, -0.1) is 0 Å². The Kier molecular flexibility index (Phi) is 3.46. The van der Waals surface area contributed by atoms with Crippen LogP contribution in [0, 0.1) is 0 Å². The zero-order valence-corrected chi connectivity index (χ0v) is 9.79. The van der Waals surface area contributed by atoms with E-state index in [2.05, 4.69) is 40.2 Å². The molecule has 0 radical (unpaired) electrons. The fourth-order valence-corrected chi connectivity index (χ4v) is 2.23. The van der Waals surface area contributed by atoms with E-state index in [1.54, 1.807) is 0 Å². The van der Waals surface area contributed by atoms with Crippen molar-refractivity contribution in [2.75, 3.05) is 0 Å². The van der Waals surface area contributed by atoms with Gasteiger partial charge in [-0.3, -0.25) is 0 Å². The van der Waals surface area contributed by atoms with E-state index in [0.29, 0.717) is 6.10 Å². The zero-order chi connectivity index (χ0) is 9.80. The van der Waals surface area contributed by atoms with E-state index in [0.717, 1.165) is 11.1 Å². The van der Waals surface area contributed by atoms with Crippen LogP contribution in [-0.4, -0.2) is 6.10 Å². The lowest BCUT2D eigenvalue weighted by atomic mass is 10.2. The van der Waals surface area contributed by atoms with Crippen LogP contribution in [0.3, 0.4) is 0 Å². The highest BCUT2D eigenvalue weighted by Crippen LogP contribution is 2.24. The first-order valence-electron chi connectivity index (χ1n) is 5.20. The van der Waals surface area contributed by atoms with Gasteiger partial charge in [-0.2, -0.15) is 0 Å². The summed E-state index contributed by atoms with van der Waals surface area (Å²) in [6.45, 7) is 0. The van der Waals surface area contributed by atoms with Crippen molar-refractivity contribution >= 4 is 15.9 Å². The summed E-state index contributed by atoms with van der Waals surface area (Å²) in [5.41, 5.74) is 1.30. The van der Waals surface area contributed by atoms with E-state index in [9.17, 15) is 0 Å². The van der Waals surface area contributed by atoms with Gasteiger partial charge in [0.15, 0.2) is 0 Å². The molecule has 2 heteroatoms. The number of hydrogen-bond acceptors (Lipinski definition) is 1. The predicted octanol–water partition coefficient (Wildman–Crippen LogP) is 3.90. The second-order valence-corrected chi connectivity index (χ2v) is 4.36. The number of alkyl halides is 1. The molecule has 1 nitrogen and oxygen atoms in total. The molecule has 0 atom stereocenters. The van der Waals surface area contributed by atoms with Gasteiger partial charge < -0.3 is 4.74 Å². The average molecular weight is 255 g/mol. The first kappa shape index (κ1) is 10.0. The summed E-state index contributed by atoms with van der Waals surface area (Å²) in [5, 5.41) is 0.913. The summed E-state index contributed by atoms with van der Waals surface area (Å²) < 4.78 is 5.86. The number of hydrogen-bond donors (Lipinski definition) is 0. The van der Waals surface area contributed by atoms with Gasteiger partial charge in [0.2, 0.25) is 0 Å². The molecule has 2 rings (SSSR count). The van der Waals surface area contributed by atoms with Crippen LogP contribution in [-0.2, 0) is 5.33 Å². The SMILES string of the molecule is BrCc1ccc(OC2CCCC2)cc1. The number of rotatable bonds is 3. The fourth-order valence-electron chi connectivity index (χ4n) is 1.86. The molecule has 0 unspecified atom stereocenters. The molecule has 1 aromatic carbocycles. The second-order valence-electron chi connectivity index (χ2n) is 3.80. The molecule has 76 valence electrons. The first-order valence-corrected chi connectivity index (χ1v) is 6.32. The predicted molar refractivity (Wildman–Crippen MR) is 62.0 cm³/mol. The van der Waals surface area contributed by atoms with E-state index < -0.39 is 0 Å². The zero-order valence-electron chi connectivity index (χ0n) is 8.21. The van der Waals surface area contributed by atoms with Crippen LogP contribution in [0.1, 0.15) is 31.2 Å². The average Bonchev–Trinajstić information content (AvgIpc) is 2.72. The van der Waals surface area contributed by atoms with E-state index in [-0.39, 0.29) is 0 Å². The lowest BCUT2D eigenvalue weighted by Crippen LogP contribution is -2.10. The van der Waals surface area contributed by atoms with Gasteiger partial charge in [-0.1, -0.05) is 28.1 Å². The normalized spacial score (nSPS) is 17.2. The van der Waals surface area contributed by atoms with Gasteiger partial charge in [0.1, 0.15) is 5.75 Å². The molecular weight excluding hydrogens is 240 g/mol. The van der Waals surface area contributed by atoms with Crippen LogP contribution in [0.4, 0.5) is 0 Å². The summed E-state index contributed by atoms with van der Waals surface area (Å²) in [5.74, 6) is 1.02. The maximum absolute atomic E-state index is 5.86. The molecule has 1 aromatic rings. The van der Waals surface area contributed by atoms with Crippen LogP contribution in [0.25, 0.3) is 0 Å². The lowest BCUT2D eigenvalue weighted by Gasteiger charge is -2.12. The van der Waals surface area contributed by atoms with Gasteiger partial charge in [-0.25, -0.2) is 0 Å². The van der Waals surface area contributed by atoms with Gasteiger partial charge in [-0.05, 0) is 43.4 Å². The van der Waals surface area contributed by atoms with E-state index >= 15 is 0 Å². The third-order valence-electron chi connectivity index (χ3n) is 2.68. The molecule has 0 heterocycles. The van der Waals surface area contributed by atoms with E-state index in [1.807, 2.05) is 0 Å². The fraction of sp³-hybridized carbons (Fsp3) is 0.500. The van der Waals surface area contributed by atoms with Crippen molar-refractivity contribution < 1.29 is 4.74 Å². The minimum Gasteiger partial charge on any atom is -0.490 e. The lowest BCUT2D eigenvalue weighted by molar-refractivity contribution is 0.210. The van der Waals surface area contributed by atoms with Gasteiger partial charge in [0.25, 0.3) is 0 Å². The summed E-state index contributed by atoms with van der Waals surface area (Å²) >= 11 is 3.43. The third-order valence-corrected chi connectivity index (χ3v) is 3.33. The third kappa shape index (κ3) is 2.50. The Balaban J connectivity index is 1.95. The maximum atomic E-state index is 5.86. The summed E-state index contributed by atoms with van der Waals surface area (Å²) in [6, 6.07) is 8.35. The van der Waals surface area contributed by atoms with Gasteiger partial charge >= 0.3 is 0 Å². The number of halogens is 1. The molecule has 0 bridgehead atoms. The molecule has 1 saturated carbocycles. The van der Waals surface area contributed by atoms with Crippen LogP contribution in [0.5, 0.6) is 5.75 Å². The molecule has 0 saturated heterocycles. The largest absolute Gasteiger partial charge is 0.490 e. The van der Waals surface area contributed by atoms with Crippen molar-refractivity contribution in [1.29, 1.82) is 0 Å². The summed E-state index contributed by atoms with van der Waals surface area (Å²) in [6.07, 6.45) is 5.55. The van der Waals surface area contributed by atoms with Gasteiger partial charge in [0.05, 0.1) is 6.10 Å². The van der Waals surface area contributed by atoms with Crippen LogP contribution in [0.15, 0.2) is 24.3 Å². The quantitative estimate of drug-likeness (QED) is 0.744. The molecule has 1 aliphatic carbocycles. The number of ether oxygens (including phenoxy) is 1. The Bertz CT molecular complexity index is 275. The standard InChI is InChI=1S/C12H15BrO/c13-9-10-5-7-12(8-6-10)14-11-3-1-2-4-11/h5-8,11H,1-4,9H2. The molecule has 14 heavy (non-hydrogen) atoms. The summed E-state index contributed by atoms with van der Waals surface area (Å²) in [7, 11) is 0. The van der Waals surface area contributed by atoms with Gasteiger partial charge in [0, 0.05) is 5.33 Å². The van der Waals surface area contributed by atoms with Crippen LogP contribution >= 0.6 is 15.9 Å². The van der Waals surface area contributed by atoms with Crippen molar-refractivity contribution in [3.05, 3.63) is 29.8 Å². The molecule has 1 aliphatic rings. The molecule has 0 amide bonds. The van der Waals surface area contributed by atoms with E-state index in [1.165, 1.54) is 31.2 Å². The molecule has 0 aliphatic heterocycles. The molecular formula is C12H15BrO. The topological polar surface area (TPSA) is 9.23 Å². The Hall–Kier alpha value is -0.500. The van der Waals surface area contributed by atoms with Crippen molar-refractivity contribution in [2.45, 2.75) is 37.1 Å². The van der Waals surface area contributed by atoms with Crippen molar-refractivity contribution in [3.63, 3.8) is 0 Å². The maximum Gasteiger partial charge on any atom is 0.119 e.